The van der Waals surface area contributed by atoms with Crippen molar-refractivity contribution in [2.75, 3.05) is 24.7 Å². The molecule has 3 rings (SSSR count). The lowest BCUT2D eigenvalue weighted by molar-refractivity contribution is -0.143. The summed E-state index contributed by atoms with van der Waals surface area (Å²) in [5, 5.41) is 0. The van der Waals surface area contributed by atoms with Crippen molar-refractivity contribution in [3.8, 4) is 11.1 Å². The molecule has 0 unspecified atom stereocenters. The minimum atomic E-state index is -4.38. The summed E-state index contributed by atoms with van der Waals surface area (Å²) in [7, 11) is 0. The van der Waals surface area contributed by atoms with E-state index in [4.69, 9.17) is 20.9 Å². The van der Waals surface area contributed by atoms with Gasteiger partial charge in [-0.3, -0.25) is 9.59 Å². The van der Waals surface area contributed by atoms with Crippen molar-refractivity contribution in [3.05, 3.63) is 80.9 Å². The van der Waals surface area contributed by atoms with E-state index in [9.17, 15) is 22.8 Å². The number of nitrogens with two attached hydrogens (primary N) is 2. The molecule has 0 amide bonds. The molecule has 0 saturated carbocycles. The van der Waals surface area contributed by atoms with Crippen LogP contribution in [0, 0.1) is 3.57 Å². The maximum Gasteiger partial charge on any atom is 0.416 e. The number of nitrogen functional groups attached to an aromatic ring is 2. The van der Waals surface area contributed by atoms with Gasteiger partial charge < -0.3 is 20.9 Å². The first-order valence-corrected chi connectivity index (χ1v) is 12.4. The number of carbonyl (C=O) groups excluding carboxylic acids is 2. The number of hydrogen-bond acceptors (Lipinski definition) is 6. The number of halogens is 4. The molecule has 4 N–H and O–H groups in total. The molecular weight excluding hydrogens is 600 g/mol. The number of anilines is 2. The molecule has 0 aliphatic rings. The Morgan fingerprint density at radius 1 is 0.784 bits per heavy atom. The van der Waals surface area contributed by atoms with Gasteiger partial charge in [-0.05, 0) is 89.5 Å². The van der Waals surface area contributed by atoms with Gasteiger partial charge in [0.25, 0.3) is 0 Å². The van der Waals surface area contributed by atoms with Crippen molar-refractivity contribution < 1.29 is 32.2 Å². The van der Waals surface area contributed by atoms with E-state index in [0.29, 0.717) is 42.0 Å². The average Bonchev–Trinajstić information content (AvgIpc) is 2.83. The molecule has 0 aromatic heterocycles. The van der Waals surface area contributed by atoms with Crippen molar-refractivity contribution in [2.45, 2.75) is 32.9 Å². The maximum atomic E-state index is 12.6. The number of ether oxygens (including phenoxy) is 2. The zero-order chi connectivity index (χ0) is 27.6. The van der Waals surface area contributed by atoms with Gasteiger partial charge in [-0.1, -0.05) is 24.3 Å². The zero-order valence-electron chi connectivity index (χ0n) is 20.4. The molecule has 0 saturated heterocycles. The molecular formula is C27H28F3IN2O4. The van der Waals surface area contributed by atoms with Crippen molar-refractivity contribution >= 4 is 45.9 Å². The Morgan fingerprint density at radius 2 is 1.27 bits per heavy atom. The molecule has 198 valence electrons. The third-order valence-corrected chi connectivity index (χ3v) is 5.95. The van der Waals surface area contributed by atoms with E-state index < -0.39 is 11.7 Å². The van der Waals surface area contributed by atoms with Crippen LogP contribution < -0.4 is 11.5 Å². The Kier molecular flexibility index (Phi) is 11.2. The fourth-order valence-electron chi connectivity index (χ4n) is 3.24. The summed E-state index contributed by atoms with van der Waals surface area (Å²) in [6, 6.07) is 15.3. The van der Waals surface area contributed by atoms with Crippen LogP contribution in [0.5, 0.6) is 0 Å². The van der Waals surface area contributed by atoms with E-state index >= 15 is 0 Å². The van der Waals surface area contributed by atoms with Crippen LogP contribution in [0.15, 0.2) is 60.7 Å². The van der Waals surface area contributed by atoms with Crippen LogP contribution in [0.25, 0.3) is 11.1 Å². The lowest BCUT2D eigenvalue weighted by atomic mass is 9.99. The average molecular weight is 628 g/mol. The molecule has 0 bridgehead atoms. The van der Waals surface area contributed by atoms with Crippen LogP contribution in [0.4, 0.5) is 24.5 Å². The van der Waals surface area contributed by atoms with Crippen LogP contribution in [0.3, 0.4) is 0 Å². The fraction of sp³-hybridized carbons (Fsp3) is 0.259. The fourth-order valence-corrected chi connectivity index (χ4v) is 3.82. The topological polar surface area (TPSA) is 105 Å². The first kappa shape index (κ1) is 29.9. The summed E-state index contributed by atoms with van der Waals surface area (Å²) in [4.78, 5) is 22.7. The highest BCUT2D eigenvalue weighted by atomic mass is 127. The van der Waals surface area contributed by atoms with E-state index in [1.165, 1.54) is 12.1 Å². The summed E-state index contributed by atoms with van der Waals surface area (Å²) < 4.78 is 48.5. The number of carbonyl (C=O) groups is 2. The van der Waals surface area contributed by atoms with Crippen molar-refractivity contribution in [1.29, 1.82) is 0 Å². The molecule has 3 aromatic carbocycles. The summed E-state index contributed by atoms with van der Waals surface area (Å²) in [5.74, 6) is -0.566. The SMILES string of the molecule is CCOC(=O)Cc1ccc(N)c(-c2ccc(C(F)(F)F)cc2)c1.CCOC(=O)Cc1ccc(N)c(I)c1. The summed E-state index contributed by atoms with van der Waals surface area (Å²) in [6.45, 7) is 4.23. The molecule has 0 heterocycles. The van der Waals surface area contributed by atoms with E-state index in [0.717, 1.165) is 27.0 Å². The molecule has 0 aliphatic carbocycles. The van der Waals surface area contributed by atoms with Gasteiger partial charge in [-0.2, -0.15) is 13.2 Å². The van der Waals surface area contributed by atoms with Gasteiger partial charge in [0.2, 0.25) is 0 Å². The van der Waals surface area contributed by atoms with Crippen LogP contribution in [0.2, 0.25) is 0 Å². The van der Waals surface area contributed by atoms with Gasteiger partial charge in [0.15, 0.2) is 0 Å². The minimum absolute atomic E-state index is 0.0851. The summed E-state index contributed by atoms with van der Waals surface area (Å²) in [6.07, 6.45) is -3.98. The highest BCUT2D eigenvalue weighted by Crippen LogP contribution is 2.33. The predicted octanol–water partition coefficient (Wildman–Crippen LogP) is 6.04. The van der Waals surface area contributed by atoms with Crippen LogP contribution in [-0.4, -0.2) is 25.2 Å². The monoisotopic (exact) mass is 628 g/mol. The Bertz CT molecular complexity index is 1220. The number of esters is 2. The second-order valence-corrected chi connectivity index (χ2v) is 8.98. The molecule has 37 heavy (non-hydrogen) atoms. The second kappa shape index (κ2) is 13.9. The lowest BCUT2D eigenvalue weighted by Gasteiger charge is -2.11. The molecule has 0 atom stereocenters. The summed E-state index contributed by atoms with van der Waals surface area (Å²) >= 11 is 2.14. The predicted molar refractivity (Wildman–Crippen MR) is 146 cm³/mol. The number of alkyl halides is 3. The third-order valence-electron chi connectivity index (χ3n) is 5.01. The first-order valence-electron chi connectivity index (χ1n) is 11.4. The van der Waals surface area contributed by atoms with Gasteiger partial charge >= 0.3 is 18.1 Å². The smallest absolute Gasteiger partial charge is 0.416 e. The van der Waals surface area contributed by atoms with Gasteiger partial charge in [-0.15, -0.1) is 0 Å². The second-order valence-electron chi connectivity index (χ2n) is 7.82. The van der Waals surface area contributed by atoms with E-state index in [-0.39, 0.29) is 18.4 Å². The highest BCUT2D eigenvalue weighted by molar-refractivity contribution is 14.1. The molecule has 6 nitrogen and oxygen atoms in total. The molecule has 0 spiro atoms. The Morgan fingerprint density at radius 3 is 1.73 bits per heavy atom. The highest BCUT2D eigenvalue weighted by Gasteiger charge is 2.30. The molecule has 3 aromatic rings. The van der Waals surface area contributed by atoms with E-state index in [1.807, 2.05) is 12.1 Å². The first-order chi connectivity index (χ1) is 17.4. The largest absolute Gasteiger partial charge is 0.466 e. The van der Waals surface area contributed by atoms with Crippen LogP contribution in [-0.2, 0) is 38.1 Å². The van der Waals surface area contributed by atoms with Crippen molar-refractivity contribution in [1.82, 2.24) is 0 Å². The Balaban J connectivity index is 0.000000294. The molecule has 0 fully saturated rings. The van der Waals surface area contributed by atoms with E-state index in [2.05, 4.69) is 22.6 Å². The van der Waals surface area contributed by atoms with Gasteiger partial charge in [0.05, 0.1) is 31.6 Å². The summed E-state index contributed by atoms with van der Waals surface area (Å²) in [5.41, 5.74) is 14.8. The van der Waals surface area contributed by atoms with Crippen LogP contribution in [0.1, 0.15) is 30.5 Å². The Labute approximate surface area is 227 Å². The van der Waals surface area contributed by atoms with Crippen molar-refractivity contribution in [3.63, 3.8) is 0 Å². The number of hydrogen-bond donors (Lipinski definition) is 2. The van der Waals surface area contributed by atoms with Crippen LogP contribution >= 0.6 is 22.6 Å². The quantitative estimate of drug-likeness (QED) is 0.188. The van der Waals surface area contributed by atoms with Gasteiger partial charge in [0, 0.05) is 20.5 Å². The molecule has 10 heteroatoms. The standard InChI is InChI=1S/C17H16F3NO2.C10H12INO2/c1-2-23-16(22)10-11-3-8-15(21)14(9-11)12-4-6-13(7-5-12)17(18,19)20;1-2-14-10(13)6-7-3-4-9(12)8(11)5-7/h3-9H,2,10,21H2,1H3;3-5H,2,6,12H2,1H3. The van der Waals surface area contributed by atoms with Crippen molar-refractivity contribution in [2.24, 2.45) is 0 Å². The normalized spacial score (nSPS) is 10.8. The lowest BCUT2D eigenvalue weighted by Crippen LogP contribution is -2.08. The number of benzene rings is 3. The van der Waals surface area contributed by atoms with Gasteiger partial charge in [-0.25, -0.2) is 0 Å². The minimum Gasteiger partial charge on any atom is -0.466 e. The maximum absolute atomic E-state index is 12.6. The molecule has 0 radical (unpaired) electrons. The number of rotatable bonds is 7. The Hall–Kier alpha value is -3.28. The molecule has 0 aliphatic heterocycles. The third kappa shape index (κ3) is 9.60. The van der Waals surface area contributed by atoms with E-state index in [1.54, 1.807) is 38.1 Å². The zero-order valence-corrected chi connectivity index (χ0v) is 22.6. The van der Waals surface area contributed by atoms with Gasteiger partial charge in [0.1, 0.15) is 0 Å².